The van der Waals surface area contributed by atoms with Crippen molar-refractivity contribution in [2.45, 2.75) is 18.7 Å². The predicted molar refractivity (Wildman–Crippen MR) is 121 cm³/mol. The molecule has 6 nitrogen and oxygen atoms in total. The number of halogens is 3. The van der Waals surface area contributed by atoms with Crippen molar-refractivity contribution < 1.29 is 37.3 Å². The third-order valence-electron chi connectivity index (χ3n) is 5.82. The van der Waals surface area contributed by atoms with Crippen LogP contribution in [0, 0.1) is 5.92 Å². The molecule has 0 radical (unpaired) electrons. The van der Waals surface area contributed by atoms with E-state index in [1.165, 1.54) is 12.1 Å². The number of aliphatic carboxylic acids is 1. The van der Waals surface area contributed by atoms with Gasteiger partial charge < -0.3 is 19.9 Å². The summed E-state index contributed by atoms with van der Waals surface area (Å²) in [7, 11) is 0. The number of alkyl carbamates (subject to hydrolysis) is 1. The number of carbonyl (C=O) groups excluding carboxylic acids is 1. The second-order valence-electron chi connectivity index (χ2n) is 8.14. The lowest BCUT2D eigenvalue weighted by molar-refractivity contribution is -0.274. The van der Waals surface area contributed by atoms with Crippen molar-refractivity contribution >= 4 is 12.1 Å². The van der Waals surface area contributed by atoms with Crippen molar-refractivity contribution in [1.82, 2.24) is 5.32 Å². The van der Waals surface area contributed by atoms with Gasteiger partial charge in [-0.05, 0) is 46.4 Å². The first-order chi connectivity index (χ1) is 16.7. The Morgan fingerprint density at radius 1 is 0.914 bits per heavy atom. The Labute approximate surface area is 199 Å². The number of carboxylic acid groups (broad SMARTS) is 1. The number of hydrogen-bond acceptors (Lipinski definition) is 4. The molecule has 0 aliphatic heterocycles. The average Bonchev–Trinajstić information content (AvgIpc) is 3.14. The number of ether oxygens (including phenoxy) is 2. The van der Waals surface area contributed by atoms with E-state index >= 15 is 0 Å². The Kier molecular flexibility index (Phi) is 6.95. The number of carbonyl (C=O) groups is 2. The molecule has 0 saturated carbocycles. The molecule has 1 atom stereocenters. The minimum Gasteiger partial charge on any atom is -0.481 e. The monoisotopic (exact) mass is 485 g/mol. The Hall–Kier alpha value is -4.01. The van der Waals surface area contributed by atoms with Crippen LogP contribution in [-0.4, -0.2) is 36.7 Å². The third kappa shape index (κ3) is 5.92. The zero-order valence-corrected chi connectivity index (χ0v) is 18.4. The van der Waals surface area contributed by atoms with Gasteiger partial charge in [-0.1, -0.05) is 60.7 Å². The summed E-state index contributed by atoms with van der Waals surface area (Å²) in [6, 6.07) is 20.7. The van der Waals surface area contributed by atoms with Gasteiger partial charge in [0, 0.05) is 12.5 Å². The number of benzene rings is 3. The van der Waals surface area contributed by atoms with Crippen LogP contribution in [0.5, 0.6) is 5.75 Å². The highest BCUT2D eigenvalue weighted by Gasteiger charge is 2.31. The van der Waals surface area contributed by atoms with Crippen molar-refractivity contribution in [1.29, 1.82) is 0 Å². The van der Waals surface area contributed by atoms with Gasteiger partial charge in [0.05, 0.1) is 5.92 Å². The second kappa shape index (κ2) is 10.1. The van der Waals surface area contributed by atoms with E-state index in [0.29, 0.717) is 5.56 Å². The number of hydrogen-bond donors (Lipinski definition) is 2. The van der Waals surface area contributed by atoms with Crippen LogP contribution in [0.25, 0.3) is 11.1 Å². The molecule has 35 heavy (non-hydrogen) atoms. The topological polar surface area (TPSA) is 84.9 Å². The second-order valence-corrected chi connectivity index (χ2v) is 8.14. The van der Waals surface area contributed by atoms with Crippen LogP contribution >= 0.6 is 0 Å². The summed E-state index contributed by atoms with van der Waals surface area (Å²) in [5.41, 5.74) is 4.79. The largest absolute Gasteiger partial charge is 0.573 e. The Balaban J connectivity index is 1.32. The van der Waals surface area contributed by atoms with Crippen molar-refractivity contribution in [2.24, 2.45) is 5.92 Å². The highest BCUT2D eigenvalue weighted by molar-refractivity contribution is 5.79. The number of amides is 1. The van der Waals surface area contributed by atoms with Gasteiger partial charge in [-0.15, -0.1) is 13.2 Å². The van der Waals surface area contributed by atoms with E-state index in [1.54, 1.807) is 0 Å². The van der Waals surface area contributed by atoms with Gasteiger partial charge in [-0.25, -0.2) is 4.79 Å². The van der Waals surface area contributed by atoms with Gasteiger partial charge >= 0.3 is 18.4 Å². The predicted octanol–water partition coefficient (Wildman–Crippen LogP) is 5.37. The Morgan fingerprint density at radius 3 is 2.03 bits per heavy atom. The molecule has 3 aromatic rings. The van der Waals surface area contributed by atoms with E-state index in [-0.39, 0.29) is 25.5 Å². The summed E-state index contributed by atoms with van der Waals surface area (Å²) in [6.07, 6.45) is -5.55. The normalized spacial score (nSPS) is 13.5. The highest BCUT2D eigenvalue weighted by atomic mass is 19.4. The maximum absolute atomic E-state index is 12.3. The summed E-state index contributed by atoms with van der Waals surface area (Å²) >= 11 is 0. The standard InChI is InChI=1S/C26H22F3NO5/c27-26(28,29)35-18-11-9-16(10-12-18)13-17(24(31)32)14-30-25(33)34-15-23-21-7-3-1-5-19(21)20-6-2-4-8-22(20)23/h1-12,17,23H,13-15H2,(H,30,33)(H,31,32)/t17-/m1/s1. The molecule has 1 aliphatic rings. The minimum absolute atomic E-state index is 0.00524. The molecule has 0 saturated heterocycles. The average molecular weight is 485 g/mol. The van der Waals surface area contributed by atoms with E-state index in [4.69, 9.17) is 4.74 Å². The lowest BCUT2D eigenvalue weighted by Crippen LogP contribution is -2.35. The molecule has 4 rings (SSSR count). The molecule has 1 amide bonds. The molecule has 1 aliphatic carbocycles. The van der Waals surface area contributed by atoms with Crippen LogP contribution in [0.15, 0.2) is 72.8 Å². The van der Waals surface area contributed by atoms with E-state index < -0.39 is 30.1 Å². The van der Waals surface area contributed by atoms with E-state index in [2.05, 4.69) is 10.1 Å². The molecule has 0 aromatic heterocycles. The number of rotatable bonds is 8. The SMILES string of the molecule is O=C(NC[C@@H](Cc1ccc(OC(F)(F)F)cc1)C(=O)O)OCC1c2ccccc2-c2ccccc21. The van der Waals surface area contributed by atoms with Gasteiger partial charge in [0.1, 0.15) is 12.4 Å². The first-order valence-electron chi connectivity index (χ1n) is 10.9. The highest BCUT2D eigenvalue weighted by Crippen LogP contribution is 2.44. The lowest BCUT2D eigenvalue weighted by atomic mass is 9.98. The molecule has 0 heterocycles. The van der Waals surface area contributed by atoms with Crippen LogP contribution < -0.4 is 10.1 Å². The minimum atomic E-state index is -4.81. The molecule has 0 bridgehead atoms. The maximum Gasteiger partial charge on any atom is 0.573 e. The summed E-state index contributed by atoms with van der Waals surface area (Å²) in [4.78, 5) is 24.0. The van der Waals surface area contributed by atoms with Crippen molar-refractivity contribution in [3.8, 4) is 16.9 Å². The van der Waals surface area contributed by atoms with Crippen LogP contribution in [0.4, 0.5) is 18.0 Å². The lowest BCUT2D eigenvalue weighted by Gasteiger charge is -2.16. The van der Waals surface area contributed by atoms with Gasteiger partial charge in [0.25, 0.3) is 0 Å². The van der Waals surface area contributed by atoms with E-state index in [0.717, 1.165) is 34.4 Å². The molecule has 9 heteroatoms. The Bertz CT molecular complexity index is 1160. The summed E-state index contributed by atoms with van der Waals surface area (Å²) in [5, 5.41) is 12.0. The van der Waals surface area contributed by atoms with Gasteiger partial charge in [0.15, 0.2) is 0 Å². The molecular formula is C26H22F3NO5. The van der Waals surface area contributed by atoms with Crippen LogP contribution in [0.3, 0.4) is 0 Å². The number of carboxylic acids is 1. The van der Waals surface area contributed by atoms with Gasteiger partial charge in [-0.2, -0.15) is 0 Å². The number of alkyl halides is 3. The van der Waals surface area contributed by atoms with E-state index in [1.807, 2.05) is 48.5 Å². The number of nitrogens with one attached hydrogen (secondary N) is 1. The molecule has 3 aromatic carbocycles. The van der Waals surface area contributed by atoms with Crippen molar-refractivity contribution in [2.75, 3.05) is 13.2 Å². The number of fused-ring (bicyclic) bond motifs is 3. The summed E-state index contributed by atoms with van der Waals surface area (Å²) in [5.74, 6) is -2.67. The zero-order chi connectivity index (χ0) is 25.0. The molecular weight excluding hydrogens is 463 g/mol. The first-order valence-corrected chi connectivity index (χ1v) is 10.9. The quantitative estimate of drug-likeness (QED) is 0.448. The fraction of sp³-hybridized carbons (Fsp3) is 0.231. The molecule has 0 spiro atoms. The molecule has 2 N–H and O–H groups in total. The van der Waals surface area contributed by atoms with Crippen molar-refractivity contribution in [3.63, 3.8) is 0 Å². The van der Waals surface area contributed by atoms with E-state index in [9.17, 15) is 27.9 Å². The maximum atomic E-state index is 12.3. The first kappa shape index (κ1) is 24.1. The summed E-state index contributed by atoms with van der Waals surface area (Å²) < 4.78 is 46.1. The zero-order valence-electron chi connectivity index (χ0n) is 18.4. The third-order valence-corrected chi connectivity index (χ3v) is 5.82. The van der Waals surface area contributed by atoms with Crippen LogP contribution in [-0.2, 0) is 16.0 Å². The Morgan fingerprint density at radius 2 is 1.49 bits per heavy atom. The van der Waals surface area contributed by atoms with Gasteiger partial charge in [0.2, 0.25) is 0 Å². The fourth-order valence-corrected chi connectivity index (χ4v) is 4.21. The van der Waals surface area contributed by atoms with Gasteiger partial charge in [-0.3, -0.25) is 4.79 Å². The molecule has 0 fully saturated rings. The molecule has 0 unspecified atom stereocenters. The smallest absolute Gasteiger partial charge is 0.481 e. The van der Waals surface area contributed by atoms with Crippen LogP contribution in [0.2, 0.25) is 0 Å². The fourth-order valence-electron chi connectivity index (χ4n) is 4.21. The van der Waals surface area contributed by atoms with Crippen LogP contribution in [0.1, 0.15) is 22.6 Å². The molecule has 182 valence electrons. The van der Waals surface area contributed by atoms with Crippen molar-refractivity contribution in [3.05, 3.63) is 89.5 Å². The summed E-state index contributed by atoms with van der Waals surface area (Å²) in [6.45, 7) is -0.106.